The van der Waals surface area contributed by atoms with Crippen molar-refractivity contribution in [1.82, 2.24) is 40.2 Å². The lowest BCUT2D eigenvalue weighted by molar-refractivity contribution is -0.136. The first-order valence-corrected chi connectivity index (χ1v) is 22.5. The van der Waals surface area contributed by atoms with Gasteiger partial charge in [-0.25, -0.2) is 23.4 Å². The fourth-order valence-corrected chi connectivity index (χ4v) is 10.5. The van der Waals surface area contributed by atoms with Gasteiger partial charge in [-0.2, -0.15) is 5.10 Å². The summed E-state index contributed by atoms with van der Waals surface area (Å²) in [6.45, 7) is 6.74. The predicted molar refractivity (Wildman–Crippen MR) is 244 cm³/mol. The minimum Gasteiger partial charge on any atom is -0.496 e. The van der Waals surface area contributed by atoms with E-state index >= 15 is 4.39 Å². The fourth-order valence-electron chi connectivity index (χ4n) is 10.5. The van der Waals surface area contributed by atoms with E-state index in [4.69, 9.17) is 15.6 Å². The van der Waals surface area contributed by atoms with Crippen molar-refractivity contribution in [2.24, 2.45) is 17.8 Å². The summed E-state index contributed by atoms with van der Waals surface area (Å²) in [6.07, 6.45) is 1.93. The second-order valence-electron chi connectivity index (χ2n) is 18.0. The number of piperazine rings is 1. The molecule has 5 aliphatic rings. The number of hydrogen-bond donors (Lipinski definition) is 3. The fraction of sp³-hybridized carbons (Fsp3) is 0.327. The van der Waals surface area contributed by atoms with Gasteiger partial charge in [-0.3, -0.25) is 29.4 Å². The number of imide groups is 1. The number of carbonyl (C=O) groups is 4. The Kier molecular flexibility index (Phi) is 10.5. The van der Waals surface area contributed by atoms with Crippen LogP contribution < -0.4 is 30.9 Å². The Balaban J connectivity index is 0.698. The number of nitrogens with zero attached hydrogens (tertiary/aromatic N) is 8. The van der Waals surface area contributed by atoms with Gasteiger partial charge in [0, 0.05) is 88.2 Å². The topological polar surface area (TPSA) is 184 Å². The SMILES string of the molecule is COc1ccc(F)cc1C(=O)NCc1ccc(-c2nn(-c3ccc(N4C[C@@H]5[C@@H](CN6CCN(c7ccc8c(c7)CN([C@H]7CCC(=O)NC7=O)C8=O)CC6)[C@@H]5C4)c(F)c3)c3ncnc(N)c23)cc1. The Labute approximate surface area is 383 Å². The summed E-state index contributed by atoms with van der Waals surface area (Å²) in [5, 5.41) is 10.6. The number of aromatic nitrogens is 4. The van der Waals surface area contributed by atoms with E-state index in [0.29, 0.717) is 64.4 Å². The molecule has 0 radical (unpaired) electrons. The number of nitrogens with one attached hydrogen (secondary N) is 2. The van der Waals surface area contributed by atoms with Gasteiger partial charge < -0.3 is 30.5 Å². The Morgan fingerprint density at radius 3 is 2.42 bits per heavy atom. The number of halogens is 2. The zero-order chi connectivity index (χ0) is 46.1. The van der Waals surface area contributed by atoms with E-state index in [1.807, 2.05) is 48.5 Å². The highest BCUT2D eigenvalue weighted by atomic mass is 19.1. The van der Waals surface area contributed by atoms with Crippen LogP contribution in [0.4, 0.5) is 26.0 Å². The largest absolute Gasteiger partial charge is 0.496 e. The number of benzene rings is 4. The molecular weight excluding hydrogens is 861 g/mol. The summed E-state index contributed by atoms with van der Waals surface area (Å²) in [5.41, 5.74) is 12.6. The number of amides is 4. The standard InChI is InChI=1S/C49H47F2N11O5/c1-67-41-12-6-30(50)19-34(41)47(64)53-21-27-2-4-28(5-3-27)44-43-45(52)54-26-55-46(43)62(57-44)32-8-10-39(38(51)20-32)60-24-36-35(37(36)25-60)23-58-14-16-59(17-15-58)31-7-9-33-29(18-31)22-61(49(33)66)40-11-13-42(63)56-48(40)65/h2-10,12,18-20,26,35-37,40H,11,13-17,21-25H2,1H3,(H,53,64)(H2,52,54,55)(H,56,63,65)/t35-,36-,37+,40-/m0/s1. The third kappa shape index (κ3) is 7.73. The minimum atomic E-state index is -0.628. The maximum atomic E-state index is 16.1. The number of rotatable bonds is 11. The van der Waals surface area contributed by atoms with E-state index in [1.165, 1.54) is 31.6 Å². The molecule has 4 amide bonds. The maximum Gasteiger partial charge on any atom is 0.255 e. The molecule has 0 bridgehead atoms. The average Bonchev–Trinajstić information content (AvgIpc) is 3.66. The lowest BCUT2D eigenvalue weighted by atomic mass is 10.0. The zero-order valence-corrected chi connectivity index (χ0v) is 36.6. The first kappa shape index (κ1) is 42.2. The van der Waals surface area contributed by atoms with E-state index in [2.05, 4.69) is 41.4 Å². The summed E-state index contributed by atoms with van der Waals surface area (Å²) in [4.78, 5) is 67.5. The van der Waals surface area contributed by atoms with Crippen molar-refractivity contribution in [2.75, 3.05) is 68.5 Å². The maximum absolute atomic E-state index is 16.1. The predicted octanol–water partition coefficient (Wildman–Crippen LogP) is 4.55. The molecule has 4 aromatic carbocycles. The molecule has 2 aromatic heterocycles. The number of piperidine rings is 2. The van der Waals surface area contributed by atoms with Crippen molar-refractivity contribution >= 4 is 51.9 Å². The second kappa shape index (κ2) is 16.8. The quantitative estimate of drug-likeness (QED) is 0.155. The number of methoxy groups -OCH3 is 1. The van der Waals surface area contributed by atoms with E-state index in [1.54, 1.807) is 9.58 Å². The van der Waals surface area contributed by atoms with Crippen LogP contribution in [0.5, 0.6) is 5.75 Å². The summed E-state index contributed by atoms with van der Waals surface area (Å²) < 4.78 is 36.8. The molecule has 342 valence electrons. The van der Waals surface area contributed by atoms with Crippen molar-refractivity contribution in [3.63, 3.8) is 0 Å². The molecule has 18 heteroatoms. The molecule has 4 fully saturated rings. The van der Waals surface area contributed by atoms with Crippen LogP contribution in [0.15, 0.2) is 85.2 Å². The van der Waals surface area contributed by atoms with E-state index in [-0.39, 0.29) is 47.7 Å². The van der Waals surface area contributed by atoms with E-state index in [9.17, 15) is 23.6 Å². The molecule has 3 saturated heterocycles. The molecule has 4 N–H and O–H groups in total. The van der Waals surface area contributed by atoms with E-state index < -0.39 is 23.7 Å². The van der Waals surface area contributed by atoms with Crippen LogP contribution in [0, 0.1) is 29.4 Å². The lowest BCUT2D eigenvalue weighted by Crippen LogP contribution is -2.52. The summed E-state index contributed by atoms with van der Waals surface area (Å²) >= 11 is 0. The molecule has 4 aliphatic heterocycles. The minimum absolute atomic E-state index is 0.0974. The highest BCUT2D eigenvalue weighted by Crippen LogP contribution is 2.53. The second-order valence-corrected chi connectivity index (χ2v) is 18.0. The van der Waals surface area contributed by atoms with Gasteiger partial charge in [0.1, 0.15) is 41.3 Å². The van der Waals surface area contributed by atoms with Gasteiger partial charge in [0.25, 0.3) is 11.8 Å². The van der Waals surface area contributed by atoms with Gasteiger partial charge in [0.05, 0.1) is 29.4 Å². The highest BCUT2D eigenvalue weighted by molar-refractivity contribution is 6.05. The lowest BCUT2D eigenvalue weighted by Gasteiger charge is -2.37. The summed E-state index contributed by atoms with van der Waals surface area (Å²) in [5.74, 6) is -0.127. The van der Waals surface area contributed by atoms with Crippen LogP contribution in [-0.4, -0.2) is 112 Å². The molecule has 11 rings (SSSR count). The number of anilines is 3. The molecule has 1 aliphatic carbocycles. The van der Waals surface area contributed by atoms with Gasteiger partial charge in [-0.15, -0.1) is 0 Å². The molecular formula is C49H47F2N11O5. The number of hydrogen-bond acceptors (Lipinski definition) is 12. The third-order valence-corrected chi connectivity index (χ3v) is 14.2. The molecule has 4 atom stereocenters. The van der Waals surface area contributed by atoms with Gasteiger partial charge in [-0.1, -0.05) is 24.3 Å². The number of fused-ring (bicyclic) bond motifs is 3. The first-order chi connectivity index (χ1) is 32.5. The van der Waals surface area contributed by atoms with Crippen molar-refractivity contribution in [3.05, 3.63) is 119 Å². The third-order valence-electron chi connectivity index (χ3n) is 14.2. The van der Waals surface area contributed by atoms with Crippen LogP contribution in [0.3, 0.4) is 0 Å². The van der Waals surface area contributed by atoms with E-state index in [0.717, 1.165) is 74.3 Å². The van der Waals surface area contributed by atoms with Crippen LogP contribution in [0.1, 0.15) is 44.7 Å². The molecule has 67 heavy (non-hydrogen) atoms. The van der Waals surface area contributed by atoms with Gasteiger partial charge in [0.15, 0.2) is 5.65 Å². The van der Waals surface area contributed by atoms with Crippen molar-refractivity contribution in [3.8, 4) is 22.7 Å². The Morgan fingerprint density at radius 2 is 1.67 bits per heavy atom. The van der Waals surface area contributed by atoms with Crippen molar-refractivity contribution < 1.29 is 32.7 Å². The first-order valence-electron chi connectivity index (χ1n) is 22.5. The molecule has 1 saturated carbocycles. The van der Waals surface area contributed by atoms with Crippen molar-refractivity contribution in [1.29, 1.82) is 0 Å². The molecule has 0 unspecified atom stereocenters. The number of nitrogen functional groups attached to an aromatic ring is 1. The summed E-state index contributed by atoms with van der Waals surface area (Å²) in [6, 6.07) is 21.6. The Hall–Kier alpha value is -7.47. The molecule has 0 spiro atoms. The number of nitrogens with two attached hydrogens (primary N) is 1. The molecule has 6 heterocycles. The average molecular weight is 908 g/mol. The summed E-state index contributed by atoms with van der Waals surface area (Å²) in [7, 11) is 1.42. The Bertz CT molecular complexity index is 2980. The van der Waals surface area contributed by atoms with Crippen molar-refractivity contribution in [2.45, 2.75) is 32.0 Å². The van der Waals surface area contributed by atoms with Crippen LogP contribution in [0.2, 0.25) is 0 Å². The highest BCUT2D eigenvalue weighted by Gasteiger charge is 2.56. The monoisotopic (exact) mass is 907 g/mol. The molecule has 16 nitrogen and oxygen atoms in total. The smallest absolute Gasteiger partial charge is 0.255 e. The molecule has 6 aromatic rings. The van der Waals surface area contributed by atoms with Gasteiger partial charge >= 0.3 is 0 Å². The van der Waals surface area contributed by atoms with Gasteiger partial charge in [0.2, 0.25) is 11.8 Å². The number of carbonyl (C=O) groups excluding carboxylic acids is 4. The number of ether oxygens (including phenoxy) is 1. The van der Waals surface area contributed by atoms with Crippen LogP contribution in [-0.2, 0) is 22.7 Å². The van der Waals surface area contributed by atoms with Gasteiger partial charge in [-0.05, 0) is 83.8 Å². The Morgan fingerprint density at radius 1 is 0.896 bits per heavy atom. The van der Waals surface area contributed by atoms with Crippen LogP contribution >= 0.6 is 0 Å². The van der Waals surface area contributed by atoms with Crippen LogP contribution in [0.25, 0.3) is 28.0 Å². The zero-order valence-electron chi connectivity index (χ0n) is 36.6. The normalized spacial score (nSPS) is 21.4.